The van der Waals surface area contributed by atoms with Crippen LogP contribution in [0.3, 0.4) is 0 Å². The lowest BCUT2D eigenvalue weighted by molar-refractivity contribution is 0.181. The van der Waals surface area contributed by atoms with Gasteiger partial charge in [-0.25, -0.2) is 4.39 Å². The van der Waals surface area contributed by atoms with Gasteiger partial charge in [-0.3, -0.25) is 4.99 Å². The van der Waals surface area contributed by atoms with E-state index in [0.717, 1.165) is 61.6 Å². The summed E-state index contributed by atoms with van der Waals surface area (Å²) in [4.78, 5) is 10.1. The Kier molecular flexibility index (Phi) is 5.91. The maximum Gasteiger partial charge on any atom is 0.193 e. The summed E-state index contributed by atoms with van der Waals surface area (Å²) in [6.07, 6.45) is 3.84. The first-order chi connectivity index (χ1) is 12.2. The van der Waals surface area contributed by atoms with Gasteiger partial charge in [0.1, 0.15) is 5.82 Å². The van der Waals surface area contributed by atoms with Crippen molar-refractivity contribution in [3.8, 4) is 0 Å². The predicted molar refractivity (Wildman–Crippen MR) is 99.5 cm³/mol. The maximum atomic E-state index is 13.5. The molecule has 0 aliphatic carbocycles. The standard InChI is InChI=1S/C19H27FN4O/c1-3-21-19(24(2)12-14-7-9-25-13-14)22-8-6-15-11-23-18-5-4-16(20)10-17(15)18/h4-5,10-11,14,23H,3,6-9,12-13H2,1-2H3,(H,21,22). The maximum absolute atomic E-state index is 13.5. The van der Waals surface area contributed by atoms with E-state index in [1.54, 1.807) is 12.1 Å². The van der Waals surface area contributed by atoms with Crippen molar-refractivity contribution in [1.29, 1.82) is 0 Å². The third kappa shape index (κ3) is 4.51. The number of aliphatic imine (C=N–C) groups is 1. The first-order valence-electron chi connectivity index (χ1n) is 9.00. The molecule has 1 fully saturated rings. The van der Waals surface area contributed by atoms with Gasteiger partial charge in [0, 0.05) is 56.3 Å². The fourth-order valence-electron chi connectivity index (χ4n) is 3.31. The van der Waals surface area contributed by atoms with Crippen molar-refractivity contribution in [1.82, 2.24) is 15.2 Å². The van der Waals surface area contributed by atoms with Gasteiger partial charge in [0.2, 0.25) is 0 Å². The molecule has 5 nitrogen and oxygen atoms in total. The minimum absolute atomic E-state index is 0.205. The summed E-state index contributed by atoms with van der Waals surface area (Å²) < 4.78 is 18.9. The van der Waals surface area contributed by atoms with Gasteiger partial charge in [0.25, 0.3) is 0 Å². The summed E-state index contributed by atoms with van der Waals surface area (Å²) in [6.45, 7) is 6.22. The molecule has 1 aromatic heterocycles. The molecular weight excluding hydrogens is 319 g/mol. The molecule has 0 bridgehead atoms. The van der Waals surface area contributed by atoms with Crippen LogP contribution in [0.25, 0.3) is 10.9 Å². The number of aromatic nitrogens is 1. The normalized spacial score (nSPS) is 18.0. The zero-order valence-electron chi connectivity index (χ0n) is 15.0. The van der Waals surface area contributed by atoms with Crippen molar-refractivity contribution in [3.05, 3.63) is 35.8 Å². The van der Waals surface area contributed by atoms with Gasteiger partial charge in [-0.15, -0.1) is 0 Å². The lowest BCUT2D eigenvalue weighted by atomic mass is 10.1. The lowest BCUT2D eigenvalue weighted by Crippen LogP contribution is -2.41. The van der Waals surface area contributed by atoms with E-state index in [0.29, 0.717) is 12.5 Å². The van der Waals surface area contributed by atoms with Gasteiger partial charge in [-0.05, 0) is 43.5 Å². The second-order valence-electron chi connectivity index (χ2n) is 6.60. The topological polar surface area (TPSA) is 52.7 Å². The lowest BCUT2D eigenvalue weighted by Gasteiger charge is -2.24. The van der Waals surface area contributed by atoms with Crippen LogP contribution in [0, 0.1) is 11.7 Å². The summed E-state index contributed by atoms with van der Waals surface area (Å²) in [5.41, 5.74) is 2.06. The summed E-state index contributed by atoms with van der Waals surface area (Å²) >= 11 is 0. The van der Waals surface area contributed by atoms with Crippen molar-refractivity contribution < 1.29 is 9.13 Å². The Balaban J connectivity index is 1.63. The first-order valence-corrected chi connectivity index (χ1v) is 9.00. The van der Waals surface area contributed by atoms with Crippen LogP contribution in [0.5, 0.6) is 0 Å². The number of nitrogens with one attached hydrogen (secondary N) is 2. The van der Waals surface area contributed by atoms with Gasteiger partial charge >= 0.3 is 0 Å². The molecule has 25 heavy (non-hydrogen) atoms. The number of benzene rings is 1. The zero-order valence-corrected chi connectivity index (χ0v) is 15.0. The summed E-state index contributed by atoms with van der Waals surface area (Å²) in [5, 5.41) is 4.29. The van der Waals surface area contributed by atoms with E-state index < -0.39 is 0 Å². The van der Waals surface area contributed by atoms with Crippen LogP contribution in [0.2, 0.25) is 0 Å². The van der Waals surface area contributed by atoms with Crippen molar-refractivity contribution >= 4 is 16.9 Å². The summed E-state index contributed by atoms with van der Waals surface area (Å²) in [6, 6.07) is 4.84. The van der Waals surface area contributed by atoms with Crippen LogP contribution in [0.1, 0.15) is 18.9 Å². The Bertz CT molecular complexity index is 721. The Hall–Kier alpha value is -2.08. The van der Waals surface area contributed by atoms with Gasteiger partial charge in [-0.2, -0.15) is 0 Å². The van der Waals surface area contributed by atoms with Gasteiger partial charge in [-0.1, -0.05) is 0 Å². The van der Waals surface area contributed by atoms with Crippen molar-refractivity contribution in [2.24, 2.45) is 10.9 Å². The average Bonchev–Trinajstić information content (AvgIpc) is 3.24. The third-order valence-corrected chi connectivity index (χ3v) is 4.62. The van der Waals surface area contributed by atoms with Crippen LogP contribution >= 0.6 is 0 Å². The van der Waals surface area contributed by atoms with E-state index >= 15 is 0 Å². The number of guanidine groups is 1. The largest absolute Gasteiger partial charge is 0.381 e. The molecule has 1 unspecified atom stereocenters. The molecule has 0 radical (unpaired) electrons. The van der Waals surface area contributed by atoms with Crippen molar-refractivity contribution in [2.45, 2.75) is 19.8 Å². The van der Waals surface area contributed by atoms with Crippen LogP contribution in [-0.4, -0.2) is 55.7 Å². The monoisotopic (exact) mass is 346 g/mol. The van der Waals surface area contributed by atoms with Crippen LogP contribution in [0.15, 0.2) is 29.4 Å². The number of nitrogens with zero attached hydrogens (tertiary/aromatic N) is 2. The molecule has 0 amide bonds. The molecule has 1 aliphatic heterocycles. The zero-order chi connectivity index (χ0) is 17.6. The molecule has 0 saturated carbocycles. The van der Waals surface area contributed by atoms with Gasteiger partial charge < -0.3 is 19.9 Å². The molecule has 136 valence electrons. The van der Waals surface area contributed by atoms with Crippen LogP contribution < -0.4 is 5.32 Å². The number of halogens is 1. The molecule has 2 heterocycles. The van der Waals surface area contributed by atoms with E-state index in [-0.39, 0.29) is 5.82 Å². The van der Waals surface area contributed by atoms with E-state index in [4.69, 9.17) is 9.73 Å². The molecule has 1 saturated heterocycles. The number of rotatable bonds is 6. The second-order valence-corrected chi connectivity index (χ2v) is 6.60. The molecule has 2 N–H and O–H groups in total. The first kappa shape index (κ1) is 17.7. The molecule has 1 aliphatic rings. The SMILES string of the molecule is CCNC(=NCCc1c[nH]c2ccc(F)cc12)N(C)CC1CCOC1. The Morgan fingerprint density at radius 3 is 3.12 bits per heavy atom. The van der Waals surface area contributed by atoms with Crippen LogP contribution in [0.4, 0.5) is 4.39 Å². The molecule has 0 spiro atoms. The quantitative estimate of drug-likeness (QED) is 0.625. The smallest absolute Gasteiger partial charge is 0.193 e. The molecule has 1 aromatic carbocycles. The van der Waals surface area contributed by atoms with Crippen molar-refractivity contribution in [2.75, 3.05) is 39.9 Å². The number of aromatic amines is 1. The van der Waals surface area contributed by atoms with Gasteiger partial charge in [0.05, 0.1) is 6.61 Å². The molecule has 1 atom stereocenters. The fraction of sp³-hybridized carbons (Fsp3) is 0.526. The van der Waals surface area contributed by atoms with Crippen molar-refractivity contribution in [3.63, 3.8) is 0 Å². The minimum Gasteiger partial charge on any atom is -0.381 e. The number of fused-ring (bicyclic) bond motifs is 1. The van der Waals surface area contributed by atoms with Crippen LogP contribution in [-0.2, 0) is 11.2 Å². The highest BCUT2D eigenvalue weighted by molar-refractivity contribution is 5.83. The molecule has 3 rings (SSSR count). The number of hydrogen-bond donors (Lipinski definition) is 2. The van der Waals surface area contributed by atoms with E-state index in [1.165, 1.54) is 6.07 Å². The number of ether oxygens (including phenoxy) is 1. The summed E-state index contributed by atoms with van der Waals surface area (Å²) in [7, 11) is 2.07. The fourth-order valence-corrected chi connectivity index (χ4v) is 3.31. The van der Waals surface area contributed by atoms with E-state index in [1.807, 2.05) is 6.20 Å². The Morgan fingerprint density at radius 1 is 1.48 bits per heavy atom. The highest BCUT2D eigenvalue weighted by Gasteiger charge is 2.19. The minimum atomic E-state index is -0.205. The van der Waals surface area contributed by atoms with E-state index in [2.05, 4.69) is 29.2 Å². The predicted octanol–water partition coefficient (Wildman–Crippen LogP) is 2.78. The molecular formula is C19H27FN4O. The number of hydrogen-bond acceptors (Lipinski definition) is 2. The van der Waals surface area contributed by atoms with E-state index in [9.17, 15) is 4.39 Å². The molecule has 6 heteroatoms. The Morgan fingerprint density at radius 2 is 2.36 bits per heavy atom. The Labute approximate surface area is 148 Å². The third-order valence-electron chi connectivity index (χ3n) is 4.62. The highest BCUT2D eigenvalue weighted by Crippen LogP contribution is 2.20. The highest BCUT2D eigenvalue weighted by atomic mass is 19.1. The average molecular weight is 346 g/mol. The summed E-state index contributed by atoms with van der Waals surface area (Å²) in [5.74, 6) is 1.29. The second kappa shape index (κ2) is 8.34. The van der Waals surface area contributed by atoms with Gasteiger partial charge in [0.15, 0.2) is 5.96 Å². The number of H-pyrrole nitrogens is 1. The molecule has 2 aromatic rings.